The van der Waals surface area contributed by atoms with Crippen molar-refractivity contribution in [3.63, 3.8) is 0 Å². The highest BCUT2D eigenvalue weighted by Gasteiger charge is 2.49. The van der Waals surface area contributed by atoms with Gasteiger partial charge in [-0.1, -0.05) is 12.8 Å². The standard InChI is InChI=1S/C11H17NO3/c1-7(13)12-11(10(14)15)5-8-2-3-9(4-8)6-11/h8-9H,2-6H2,1H3,(H,12,13)(H,14,15)/t8-,9+,11?. The third kappa shape index (κ3) is 1.85. The molecule has 15 heavy (non-hydrogen) atoms. The molecule has 1 amide bonds. The molecular weight excluding hydrogens is 194 g/mol. The Kier molecular flexibility index (Phi) is 2.44. The Morgan fingerprint density at radius 2 is 1.80 bits per heavy atom. The number of carbonyl (C=O) groups is 2. The van der Waals surface area contributed by atoms with Gasteiger partial charge in [-0.15, -0.1) is 0 Å². The number of nitrogens with one attached hydrogen (secondary N) is 1. The minimum atomic E-state index is -0.976. The SMILES string of the molecule is CC(=O)NC1(C(=O)O)C[C@@H]2CC[C@@H](C2)C1. The topological polar surface area (TPSA) is 66.4 Å². The molecule has 0 spiro atoms. The number of carbonyl (C=O) groups excluding carboxylic acids is 1. The van der Waals surface area contributed by atoms with Gasteiger partial charge in [0.15, 0.2) is 0 Å². The molecule has 84 valence electrons. The molecule has 3 atom stereocenters. The Balaban J connectivity index is 2.19. The second-order valence-electron chi connectivity index (χ2n) is 5.02. The lowest BCUT2D eigenvalue weighted by molar-refractivity contribution is -0.150. The van der Waals surface area contributed by atoms with Gasteiger partial charge in [-0.3, -0.25) is 4.79 Å². The molecule has 1 unspecified atom stereocenters. The Morgan fingerprint density at radius 3 is 2.20 bits per heavy atom. The van der Waals surface area contributed by atoms with E-state index in [1.165, 1.54) is 6.92 Å². The van der Waals surface area contributed by atoms with Crippen LogP contribution in [0.1, 0.15) is 39.0 Å². The normalized spacial score (nSPS) is 38.7. The summed E-state index contributed by atoms with van der Waals surface area (Å²) in [5, 5.41) is 11.9. The molecule has 4 nitrogen and oxygen atoms in total. The van der Waals surface area contributed by atoms with E-state index in [4.69, 9.17) is 0 Å². The monoisotopic (exact) mass is 211 g/mol. The zero-order valence-corrected chi connectivity index (χ0v) is 8.95. The third-order valence-corrected chi connectivity index (χ3v) is 3.75. The van der Waals surface area contributed by atoms with Crippen molar-refractivity contribution in [3.05, 3.63) is 0 Å². The highest BCUT2D eigenvalue weighted by molar-refractivity contribution is 5.86. The second-order valence-corrected chi connectivity index (χ2v) is 5.02. The largest absolute Gasteiger partial charge is 0.480 e. The molecule has 2 saturated carbocycles. The van der Waals surface area contributed by atoms with Crippen molar-refractivity contribution in [2.24, 2.45) is 11.8 Å². The number of carboxylic acids is 1. The zero-order chi connectivity index (χ0) is 11.1. The first-order chi connectivity index (χ1) is 7.02. The molecule has 0 aliphatic heterocycles. The fourth-order valence-electron chi connectivity index (χ4n) is 3.29. The number of aliphatic carboxylic acids is 1. The second kappa shape index (κ2) is 3.51. The van der Waals surface area contributed by atoms with Gasteiger partial charge in [0.25, 0.3) is 0 Å². The molecular formula is C11H17NO3. The van der Waals surface area contributed by atoms with E-state index >= 15 is 0 Å². The van der Waals surface area contributed by atoms with E-state index < -0.39 is 11.5 Å². The minimum absolute atomic E-state index is 0.237. The van der Waals surface area contributed by atoms with Crippen molar-refractivity contribution in [3.8, 4) is 0 Å². The van der Waals surface area contributed by atoms with Crippen LogP contribution in [0, 0.1) is 11.8 Å². The van der Waals surface area contributed by atoms with Crippen LogP contribution < -0.4 is 5.32 Å². The van der Waals surface area contributed by atoms with Crippen LogP contribution in [0.25, 0.3) is 0 Å². The van der Waals surface area contributed by atoms with E-state index in [-0.39, 0.29) is 5.91 Å². The van der Waals surface area contributed by atoms with Gasteiger partial charge in [-0.2, -0.15) is 0 Å². The molecule has 0 radical (unpaired) electrons. The van der Waals surface area contributed by atoms with Crippen LogP contribution in [-0.4, -0.2) is 22.5 Å². The Morgan fingerprint density at radius 1 is 1.27 bits per heavy atom. The summed E-state index contributed by atoms with van der Waals surface area (Å²) in [7, 11) is 0. The quantitative estimate of drug-likeness (QED) is 0.720. The lowest BCUT2D eigenvalue weighted by Crippen LogP contribution is -2.56. The van der Waals surface area contributed by atoms with Crippen molar-refractivity contribution < 1.29 is 14.7 Å². The molecule has 0 saturated heterocycles. The summed E-state index contributed by atoms with van der Waals surface area (Å²) in [5.74, 6) is -0.119. The lowest BCUT2D eigenvalue weighted by atomic mass is 9.75. The maximum Gasteiger partial charge on any atom is 0.329 e. The van der Waals surface area contributed by atoms with Crippen LogP contribution in [0.15, 0.2) is 0 Å². The van der Waals surface area contributed by atoms with Crippen LogP contribution in [0.4, 0.5) is 0 Å². The first-order valence-corrected chi connectivity index (χ1v) is 5.54. The number of hydrogen-bond donors (Lipinski definition) is 2. The Hall–Kier alpha value is -1.06. The molecule has 0 aromatic heterocycles. The van der Waals surface area contributed by atoms with Crippen LogP contribution in [0.5, 0.6) is 0 Å². The summed E-state index contributed by atoms with van der Waals surface area (Å²) in [6.45, 7) is 1.39. The first kappa shape index (κ1) is 10.5. The molecule has 2 N–H and O–H groups in total. The minimum Gasteiger partial charge on any atom is -0.480 e. The van der Waals surface area contributed by atoms with Crippen molar-refractivity contribution in [1.29, 1.82) is 0 Å². The maximum absolute atomic E-state index is 11.3. The van der Waals surface area contributed by atoms with E-state index in [0.717, 1.165) is 19.3 Å². The van der Waals surface area contributed by atoms with Crippen molar-refractivity contribution in [2.75, 3.05) is 0 Å². The molecule has 2 aliphatic carbocycles. The number of rotatable bonds is 2. The van der Waals surface area contributed by atoms with E-state index in [1.807, 2.05) is 0 Å². The predicted octanol–water partition coefficient (Wildman–Crippen LogP) is 1.16. The number of amides is 1. The summed E-state index contributed by atoms with van der Waals surface area (Å²) >= 11 is 0. The summed E-state index contributed by atoms with van der Waals surface area (Å²) < 4.78 is 0. The Bertz CT molecular complexity index is 288. The van der Waals surface area contributed by atoms with Crippen LogP contribution in [0.2, 0.25) is 0 Å². The highest BCUT2D eigenvalue weighted by atomic mass is 16.4. The predicted molar refractivity (Wildman–Crippen MR) is 54.2 cm³/mol. The van der Waals surface area contributed by atoms with E-state index in [2.05, 4.69) is 5.32 Å². The fourth-order valence-corrected chi connectivity index (χ4v) is 3.29. The average molecular weight is 211 g/mol. The van der Waals surface area contributed by atoms with Gasteiger partial charge in [0.2, 0.25) is 5.91 Å². The molecule has 2 aliphatic rings. The summed E-state index contributed by atoms with van der Waals surface area (Å²) in [6.07, 6.45) is 4.62. The molecule has 2 fully saturated rings. The van der Waals surface area contributed by atoms with E-state index in [1.54, 1.807) is 0 Å². The number of carboxylic acid groups (broad SMARTS) is 1. The van der Waals surface area contributed by atoms with Gasteiger partial charge in [-0.05, 0) is 31.1 Å². The summed E-state index contributed by atoms with van der Waals surface area (Å²) in [6, 6.07) is 0. The van der Waals surface area contributed by atoms with Crippen molar-refractivity contribution in [2.45, 2.75) is 44.6 Å². The van der Waals surface area contributed by atoms with Gasteiger partial charge < -0.3 is 10.4 Å². The molecule has 0 heterocycles. The van der Waals surface area contributed by atoms with Crippen LogP contribution in [0.3, 0.4) is 0 Å². The van der Waals surface area contributed by atoms with Gasteiger partial charge in [0.05, 0.1) is 0 Å². The fraction of sp³-hybridized carbons (Fsp3) is 0.818. The van der Waals surface area contributed by atoms with Gasteiger partial charge >= 0.3 is 5.97 Å². The molecule has 2 rings (SSSR count). The highest BCUT2D eigenvalue weighted by Crippen LogP contribution is 2.46. The van der Waals surface area contributed by atoms with Crippen LogP contribution in [-0.2, 0) is 9.59 Å². The zero-order valence-electron chi connectivity index (χ0n) is 8.95. The van der Waals surface area contributed by atoms with Gasteiger partial charge in [0.1, 0.15) is 5.54 Å². The van der Waals surface area contributed by atoms with Gasteiger partial charge in [-0.25, -0.2) is 4.79 Å². The number of fused-ring (bicyclic) bond motifs is 2. The van der Waals surface area contributed by atoms with Crippen molar-refractivity contribution >= 4 is 11.9 Å². The van der Waals surface area contributed by atoms with Gasteiger partial charge in [0, 0.05) is 6.92 Å². The summed E-state index contributed by atoms with van der Waals surface area (Å²) in [4.78, 5) is 22.4. The molecule has 0 aromatic rings. The molecule has 2 bridgehead atoms. The lowest BCUT2D eigenvalue weighted by Gasteiger charge is -2.37. The smallest absolute Gasteiger partial charge is 0.329 e. The van der Waals surface area contributed by atoms with Crippen LogP contribution >= 0.6 is 0 Å². The number of hydrogen-bond acceptors (Lipinski definition) is 2. The third-order valence-electron chi connectivity index (χ3n) is 3.75. The average Bonchev–Trinajstić information content (AvgIpc) is 2.44. The first-order valence-electron chi connectivity index (χ1n) is 5.54. The van der Waals surface area contributed by atoms with E-state index in [0.29, 0.717) is 24.7 Å². The van der Waals surface area contributed by atoms with E-state index in [9.17, 15) is 14.7 Å². The molecule has 0 aromatic carbocycles. The Labute approximate surface area is 89.0 Å². The van der Waals surface area contributed by atoms with Crippen molar-refractivity contribution in [1.82, 2.24) is 5.32 Å². The maximum atomic E-state index is 11.3. The molecule has 4 heteroatoms. The summed E-state index contributed by atoms with van der Waals surface area (Å²) in [5.41, 5.74) is -0.976.